The Morgan fingerprint density at radius 2 is 2.29 bits per heavy atom. The van der Waals surface area contributed by atoms with E-state index in [-0.39, 0.29) is 12.5 Å². The quantitative estimate of drug-likeness (QED) is 0.783. The summed E-state index contributed by atoms with van der Waals surface area (Å²) in [5, 5.41) is 0. The molecular formula is C12H19N3O2. The van der Waals surface area contributed by atoms with E-state index in [1.165, 1.54) is 7.11 Å². The highest BCUT2D eigenvalue weighted by Gasteiger charge is 2.12. The molecule has 1 rings (SSSR count). The molecule has 0 aliphatic rings. The third kappa shape index (κ3) is 3.62. The van der Waals surface area contributed by atoms with Crippen molar-refractivity contribution in [3.63, 3.8) is 0 Å². The van der Waals surface area contributed by atoms with Crippen LogP contribution in [0.4, 0.5) is 11.5 Å². The third-order valence-corrected chi connectivity index (χ3v) is 2.50. The van der Waals surface area contributed by atoms with Crippen LogP contribution >= 0.6 is 0 Å². The van der Waals surface area contributed by atoms with Crippen molar-refractivity contribution in [1.82, 2.24) is 4.98 Å². The van der Waals surface area contributed by atoms with Crippen molar-refractivity contribution >= 4 is 17.5 Å². The van der Waals surface area contributed by atoms with Gasteiger partial charge in [0.15, 0.2) is 0 Å². The zero-order valence-corrected chi connectivity index (χ0v) is 10.6. The van der Waals surface area contributed by atoms with E-state index in [0.29, 0.717) is 5.69 Å². The number of methoxy groups -OCH3 is 1. The highest BCUT2D eigenvalue weighted by molar-refractivity contribution is 5.75. The monoisotopic (exact) mass is 237 g/mol. The molecule has 0 fully saturated rings. The van der Waals surface area contributed by atoms with Crippen molar-refractivity contribution in [1.29, 1.82) is 0 Å². The molecule has 0 aromatic carbocycles. The molecule has 17 heavy (non-hydrogen) atoms. The molecule has 1 aromatic rings. The minimum absolute atomic E-state index is 0.209. The van der Waals surface area contributed by atoms with Gasteiger partial charge in [0.2, 0.25) is 0 Å². The summed E-state index contributed by atoms with van der Waals surface area (Å²) >= 11 is 0. The number of hydrogen-bond acceptors (Lipinski definition) is 5. The van der Waals surface area contributed by atoms with Crippen LogP contribution in [0.5, 0.6) is 0 Å². The van der Waals surface area contributed by atoms with E-state index in [1.54, 1.807) is 6.20 Å². The number of ether oxygens (including phenoxy) is 1. The molecule has 2 N–H and O–H groups in total. The van der Waals surface area contributed by atoms with Crippen molar-refractivity contribution in [3.8, 4) is 0 Å². The fraction of sp³-hybridized carbons (Fsp3) is 0.500. The van der Waals surface area contributed by atoms with Crippen molar-refractivity contribution < 1.29 is 9.53 Å². The molecule has 1 heterocycles. The van der Waals surface area contributed by atoms with E-state index in [2.05, 4.69) is 16.6 Å². The maximum absolute atomic E-state index is 11.3. The first kappa shape index (κ1) is 13.3. The topological polar surface area (TPSA) is 68.5 Å². The van der Waals surface area contributed by atoms with Crippen LogP contribution in [-0.2, 0) is 9.53 Å². The molecule has 0 amide bonds. The zero-order chi connectivity index (χ0) is 12.8. The second-order valence-corrected chi connectivity index (χ2v) is 3.90. The number of rotatable bonds is 5. The molecule has 5 nitrogen and oxygen atoms in total. The van der Waals surface area contributed by atoms with Crippen molar-refractivity contribution in [2.75, 3.05) is 30.8 Å². The van der Waals surface area contributed by atoms with Gasteiger partial charge in [0, 0.05) is 6.54 Å². The van der Waals surface area contributed by atoms with Crippen LogP contribution in [0.3, 0.4) is 0 Å². The highest BCUT2D eigenvalue weighted by atomic mass is 16.5. The van der Waals surface area contributed by atoms with Crippen LogP contribution in [0, 0.1) is 6.92 Å². The molecule has 1 aromatic heterocycles. The summed E-state index contributed by atoms with van der Waals surface area (Å²) in [5.41, 5.74) is 7.33. The summed E-state index contributed by atoms with van der Waals surface area (Å²) in [7, 11) is 1.38. The van der Waals surface area contributed by atoms with E-state index in [0.717, 1.165) is 24.3 Å². The van der Waals surface area contributed by atoms with Crippen molar-refractivity contribution in [3.05, 3.63) is 17.8 Å². The lowest BCUT2D eigenvalue weighted by Crippen LogP contribution is -2.32. The Bertz CT molecular complexity index is 393. The van der Waals surface area contributed by atoms with Gasteiger partial charge in [-0.2, -0.15) is 0 Å². The van der Waals surface area contributed by atoms with Gasteiger partial charge in [-0.25, -0.2) is 4.98 Å². The van der Waals surface area contributed by atoms with Crippen LogP contribution < -0.4 is 10.6 Å². The Balaban J connectivity index is 2.88. The minimum Gasteiger partial charge on any atom is -0.468 e. The number of pyridine rings is 1. The predicted octanol–water partition coefficient (Wildman–Crippen LogP) is 1.36. The number of aryl methyl sites for hydroxylation is 1. The minimum atomic E-state index is -0.269. The second kappa shape index (κ2) is 6.08. The van der Waals surface area contributed by atoms with Crippen LogP contribution in [0.15, 0.2) is 12.3 Å². The number of nitrogen functional groups attached to an aromatic ring is 1. The largest absolute Gasteiger partial charge is 0.468 e. The van der Waals surface area contributed by atoms with Crippen LogP contribution in [-0.4, -0.2) is 31.2 Å². The van der Waals surface area contributed by atoms with E-state index >= 15 is 0 Å². The number of carbonyl (C=O) groups is 1. The SMILES string of the molecule is CCCN(CC(=O)OC)c1cc(C)c(N)cn1. The normalized spacial score (nSPS) is 10.1. The van der Waals surface area contributed by atoms with Gasteiger partial charge in [0.05, 0.1) is 19.0 Å². The maximum Gasteiger partial charge on any atom is 0.325 e. The second-order valence-electron chi connectivity index (χ2n) is 3.90. The van der Waals surface area contributed by atoms with E-state index in [9.17, 15) is 4.79 Å². The summed E-state index contributed by atoms with van der Waals surface area (Å²) in [5.74, 6) is 0.485. The van der Waals surface area contributed by atoms with E-state index in [4.69, 9.17) is 5.73 Å². The summed E-state index contributed by atoms with van der Waals surface area (Å²) in [4.78, 5) is 17.4. The molecule has 0 unspecified atom stereocenters. The first-order valence-electron chi connectivity index (χ1n) is 5.62. The number of anilines is 2. The summed E-state index contributed by atoms with van der Waals surface area (Å²) in [6, 6.07) is 1.88. The Hall–Kier alpha value is -1.78. The lowest BCUT2D eigenvalue weighted by molar-refractivity contribution is -0.138. The molecule has 0 atom stereocenters. The standard InChI is InChI=1S/C12H19N3O2/c1-4-5-15(8-12(16)17-3)11-6-9(2)10(13)7-14-11/h6-7H,4-5,8,13H2,1-3H3. The zero-order valence-electron chi connectivity index (χ0n) is 10.6. The summed E-state index contributed by atoms with van der Waals surface area (Å²) in [6.45, 7) is 4.93. The molecule has 0 bridgehead atoms. The van der Waals surface area contributed by atoms with Gasteiger partial charge in [0.25, 0.3) is 0 Å². The number of esters is 1. The molecule has 0 aliphatic heterocycles. The average Bonchev–Trinajstić information content (AvgIpc) is 2.32. The first-order chi connectivity index (χ1) is 8.08. The maximum atomic E-state index is 11.3. The van der Waals surface area contributed by atoms with E-state index in [1.807, 2.05) is 17.9 Å². The molecule has 94 valence electrons. The summed E-state index contributed by atoms with van der Waals surface area (Å²) in [6.07, 6.45) is 2.55. The van der Waals surface area contributed by atoms with Crippen molar-refractivity contribution in [2.45, 2.75) is 20.3 Å². The lowest BCUT2D eigenvalue weighted by atomic mass is 10.2. The highest BCUT2D eigenvalue weighted by Crippen LogP contribution is 2.17. The molecular weight excluding hydrogens is 218 g/mol. The average molecular weight is 237 g/mol. The molecule has 5 heteroatoms. The molecule has 0 spiro atoms. The van der Waals surface area contributed by atoms with Gasteiger partial charge >= 0.3 is 5.97 Å². The number of nitrogens with zero attached hydrogens (tertiary/aromatic N) is 2. The van der Waals surface area contributed by atoms with Crippen molar-refractivity contribution in [2.24, 2.45) is 0 Å². The van der Waals surface area contributed by atoms with E-state index < -0.39 is 0 Å². The Kier molecular flexibility index (Phi) is 4.75. The number of hydrogen-bond donors (Lipinski definition) is 1. The van der Waals surface area contributed by atoms with Crippen LogP contribution in [0.1, 0.15) is 18.9 Å². The van der Waals surface area contributed by atoms with Crippen LogP contribution in [0.25, 0.3) is 0 Å². The number of aromatic nitrogens is 1. The fourth-order valence-corrected chi connectivity index (χ4v) is 1.49. The summed E-state index contributed by atoms with van der Waals surface area (Å²) < 4.78 is 4.67. The number of carbonyl (C=O) groups excluding carboxylic acids is 1. The predicted molar refractivity (Wildman–Crippen MR) is 67.9 cm³/mol. The smallest absolute Gasteiger partial charge is 0.325 e. The van der Waals surface area contributed by atoms with Crippen LogP contribution in [0.2, 0.25) is 0 Å². The fourth-order valence-electron chi connectivity index (χ4n) is 1.49. The molecule has 0 saturated heterocycles. The Morgan fingerprint density at radius 1 is 1.59 bits per heavy atom. The lowest BCUT2D eigenvalue weighted by Gasteiger charge is -2.22. The molecule has 0 radical (unpaired) electrons. The Labute approximate surface area is 102 Å². The van der Waals surface area contributed by atoms with Gasteiger partial charge in [-0.1, -0.05) is 6.92 Å². The van der Waals surface area contributed by atoms with Gasteiger partial charge in [-0.3, -0.25) is 4.79 Å². The van der Waals surface area contributed by atoms with Gasteiger partial charge in [-0.15, -0.1) is 0 Å². The molecule has 0 aliphatic carbocycles. The third-order valence-electron chi connectivity index (χ3n) is 2.50. The van der Waals surface area contributed by atoms with Gasteiger partial charge in [-0.05, 0) is 25.0 Å². The molecule has 0 saturated carbocycles. The van der Waals surface area contributed by atoms with Gasteiger partial charge in [0.1, 0.15) is 12.4 Å². The van der Waals surface area contributed by atoms with Gasteiger partial charge < -0.3 is 15.4 Å². The number of nitrogens with two attached hydrogens (primary N) is 1. The Morgan fingerprint density at radius 3 is 2.82 bits per heavy atom. The first-order valence-corrected chi connectivity index (χ1v) is 5.62.